The highest BCUT2D eigenvalue weighted by atomic mass is 16.2. The van der Waals surface area contributed by atoms with Gasteiger partial charge in [-0.3, -0.25) is 19.5 Å². The molecule has 1 aliphatic carbocycles. The minimum atomic E-state index is -0.186. The number of aliphatic imine (C=N–C) groups is 1. The van der Waals surface area contributed by atoms with Gasteiger partial charge in [-0.2, -0.15) is 0 Å². The van der Waals surface area contributed by atoms with Crippen LogP contribution < -0.4 is 16.8 Å². The first-order valence-corrected chi connectivity index (χ1v) is 11.4. The van der Waals surface area contributed by atoms with Crippen molar-refractivity contribution in [2.24, 2.45) is 16.5 Å². The minimum absolute atomic E-state index is 0.110. The van der Waals surface area contributed by atoms with Gasteiger partial charge in [0.1, 0.15) is 12.0 Å². The van der Waals surface area contributed by atoms with Crippen LogP contribution in [0.1, 0.15) is 46.0 Å². The van der Waals surface area contributed by atoms with E-state index in [0.717, 1.165) is 55.6 Å². The summed E-state index contributed by atoms with van der Waals surface area (Å²) in [5, 5.41) is 2.75. The van der Waals surface area contributed by atoms with E-state index in [9.17, 15) is 14.4 Å². The van der Waals surface area contributed by atoms with Gasteiger partial charge in [-0.05, 0) is 52.0 Å². The summed E-state index contributed by atoms with van der Waals surface area (Å²) in [7, 11) is 1.79. The van der Waals surface area contributed by atoms with Crippen LogP contribution in [-0.4, -0.2) is 66.8 Å². The Labute approximate surface area is 195 Å². The van der Waals surface area contributed by atoms with Gasteiger partial charge in [0.15, 0.2) is 0 Å². The molecule has 3 heterocycles. The first-order chi connectivity index (χ1) is 15.9. The van der Waals surface area contributed by atoms with E-state index in [1.807, 2.05) is 26.1 Å². The Morgan fingerprint density at radius 2 is 1.94 bits per heavy atom. The molecule has 0 atom stereocenters. The lowest BCUT2D eigenvalue weighted by Crippen LogP contribution is -2.37. The standard InChI is InChI=1S/C12H14N2O3.C8H12N2.C4H10N2/c15-7-6-13-5-1-2-9-10(13)12(17)14(11(9)16)8-3-4-8;1-2-8(9)7-4-3-5-10-6-7;1-3-4(5)6-2/h7-8H,1-6H2;2,4,6H,3,5,9H2,1H3;3,6H,5H2,1-2H3/b;8-2-;4-3+. The molecule has 0 bridgehead atoms. The van der Waals surface area contributed by atoms with E-state index in [1.54, 1.807) is 18.0 Å². The van der Waals surface area contributed by atoms with Gasteiger partial charge in [0.25, 0.3) is 11.8 Å². The number of rotatable bonds is 5. The van der Waals surface area contributed by atoms with Gasteiger partial charge in [-0.25, -0.2) is 0 Å². The van der Waals surface area contributed by atoms with Crippen LogP contribution in [-0.2, 0) is 14.4 Å². The van der Waals surface area contributed by atoms with Gasteiger partial charge in [0.05, 0.1) is 12.4 Å². The van der Waals surface area contributed by atoms with E-state index >= 15 is 0 Å². The van der Waals surface area contributed by atoms with Gasteiger partial charge < -0.3 is 26.5 Å². The van der Waals surface area contributed by atoms with Crippen LogP contribution in [0.2, 0.25) is 0 Å². The maximum absolute atomic E-state index is 12.2. The molecule has 9 heteroatoms. The molecular weight excluding hydrogens is 420 g/mol. The van der Waals surface area contributed by atoms with E-state index in [1.165, 1.54) is 4.90 Å². The molecule has 3 aliphatic heterocycles. The van der Waals surface area contributed by atoms with Crippen molar-refractivity contribution in [3.8, 4) is 0 Å². The van der Waals surface area contributed by atoms with Crippen molar-refractivity contribution >= 4 is 24.3 Å². The largest absolute Gasteiger partial charge is 0.398 e. The van der Waals surface area contributed by atoms with Crippen molar-refractivity contribution in [1.82, 2.24) is 15.1 Å². The van der Waals surface area contributed by atoms with Gasteiger partial charge in [0, 0.05) is 49.2 Å². The predicted molar refractivity (Wildman–Crippen MR) is 130 cm³/mol. The number of carbonyl (C=O) groups is 3. The lowest BCUT2D eigenvalue weighted by molar-refractivity contribution is -0.138. The summed E-state index contributed by atoms with van der Waals surface area (Å²) < 4.78 is 0. The zero-order chi connectivity index (χ0) is 24.4. The number of allylic oxidation sites excluding steroid dienone is 3. The molecule has 2 amide bonds. The molecule has 180 valence electrons. The van der Waals surface area contributed by atoms with Gasteiger partial charge in [0.2, 0.25) is 0 Å². The molecule has 0 radical (unpaired) electrons. The second-order valence-electron chi connectivity index (χ2n) is 7.98. The molecule has 0 aromatic rings. The summed E-state index contributed by atoms with van der Waals surface area (Å²) in [6, 6.07) is 0.110. The monoisotopic (exact) mass is 456 g/mol. The number of dihydropyridines is 1. The average Bonchev–Trinajstić information content (AvgIpc) is 3.65. The lowest BCUT2D eigenvalue weighted by Gasteiger charge is -2.26. The van der Waals surface area contributed by atoms with E-state index in [4.69, 9.17) is 11.5 Å². The number of aldehydes is 1. The summed E-state index contributed by atoms with van der Waals surface area (Å²) in [5.74, 6) is 0.409. The number of hydrogen-bond acceptors (Lipinski definition) is 8. The van der Waals surface area contributed by atoms with Crippen molar-refractivity contribution < 1.29 is 14.4 Å². The Bertz CT molecular complexity index is 896. The first-order valence-electron chi connectivity index (χ1n) is 11.4. The Morgan fingerprint density at radius 1 is 1.21 bits per heavy atom. The molecule has 9 nitrogen and oxygen atoms in total. The molecule has 0 aromatic heterocycles. The molecule has 1 saturated carbocycles. The summed E-state index contributed by atoms with van der Waals surface area (Å²) in [5.41, 5.74) is 13.9. The Hall–Kier alpha value is -3.36. The maximum atomic E-state index is 12.2. The van der Waals surface area contributed by atoms with Crippen LogP contribution in [0.25, 0.3) is 0 Å². The highest BCUT2D eigenvalue weighted by Gasteiger charge is 2.48. The zero-order valence-electron chi connectivity index (χ0n) is 19.8. The molecule has 0 unspecified atom stereocenters. The van der Waals surface area contributed by atoms with E-state index in [-0.39, 0.29) is 24.4 Å². The number of carbonyl (C=O) groups excluding carboxylic acids is 3. The van der Waals surface area contributed by atoms with Gasteiger partial charge in [-0.15, -0.1) is 0 Å². The fraction of sp³-hybridized carbons (Fsp3) is 0.500. The highest BCUT2D eigenvalue weighted by molar-refractivity contribution is 6.19. The van der Waals surface area contributed by atoms with Gasteiger partial charge in [-0.1, -0.05) is 12.2 Å². The molecule has 5 N–H and O–H groups in total. The van der Waals surface area contributed by atoms with Crippen LogP contribution in [0.4, 0.5) is 0 Å². The molecule has 4 aliphatic rings. The van der Waals surface area contributed by atoms with Crippen molar-refractivity contribution in [2.75, 3.05) is 26.7 Å². The van der Waals surface area contributed by atoms with Crippen LogP contribution >= 0.6 is 0 Å². The summed E-state index contributed by atoms with van der Waals surface area (Å²) in [6.45, 7) is 5.61. The van der Waals surface area contributed by atoms with Crippen molar-refractivity contribution in [3.63, 3.8) is 0 Å². The molecule has 1 fully saturated rings. The lowest BCUT2D eigenvalue weighted by atomic mass is 10.0. The summed E-state index contributed by atoms with van der Waals surface area (Å²) in [6.07, 6.45) is 12.8. The Kier molecular flexibility index (Phi) is 9.90. The molecule has 4 rings (SSSR count). The molecule has 0 saturated heterocycles. The summed E-state index contributed by atoms with van der Waals surface area (Å²) >= 11 is 0. The molecule has 33 heavy (non-hydrogen) atoms. The maximum Gasteiger partial charge on any atom is 0.277 e. The second kappa shape index (κ2) is 12.6. The van der Waals surface area contributed by atoms with Crippen LogP contribution in [0.5, 0.6) is 0 Å². The molecular formula is C24H36N6O3. The predicted octanol–water partition coefficient (Wildman–Crippen LogP) is 1.34. The third-order valence-electron chi connectivity index (χ3n) is 5.66. The normalized spacial score (nSPS) is 20.4. The number of imide groups is 1. The van der Waals surface area contributed by atoms with Gasteiger partial charge >= 0.3 is 0 Å². The van der Waals surface area contributed by atoms with E-state index in [2.05, 4.69) is 16.4 Å². The Balaban J connectivity index is 0.000000205. The number of nitrogens with two attached hydrogens (primary N) is 2. The number of hydrogen-bond donors (Lipinski definition) is 3. The third-order valence-corrected chi connectivity index (χ3v) is 5.66. The van der Waals surface area contributed by atoms with Crippen molar-refractivity contribution in [3.05, 3.63) is 46.6 Å². The number of nitrogens with one attached hydrogen (secondary N) is 1. The quantitative estimate of drug-likeness (QED) is 0.420. The van der Waals surface area contributed by atoms with E-state index < -0.39 is 0 Å². The Morgan fingerprint density at radius 3 is 2.42 bits per heavy atom. The second-order valence-corrected chi connectivity index (χ2v) is 7.98. The van der Waals surface area contributed by atoms with Crippen molar-refractivity contribution in [1.29, 1.82) is 0 Å². The first kappa shape index (κ1) is 25.9. The zero-order valence-corrected chi connectivity index (χ0v) is 19.8. The SMILES string of the molecule is C/C=C(\N)C1=CCCN=C1.C/C=C(\N)NC.O=CCN1CCCC2=C1C(=O)N(C1CC1)C2=O. The molecule has 0 aromatic carbocycles. The number of amides is 2. The van der Waals surface area contributed by atoms with Crippen LogP contribution in [0, 0.1) is 0 Å². The van der Waals surface area contributed by atoms with E-state index in [0.29, 0.717) is 24.2 Å². The average molecular weight is 457 g/mol. The van der Waals surface area contributed by atoms with Crippen LogP contribution in [0.15, 0.2) is 51.6 Å². The fourth-order valence-corrected chi connectivity index (χ4v) is 3.64. The number of nitrogens with zero attached hydrogens (tertiary/aromatic N) is 3. The summed E-state index contributed by atoms with van der Waals surface area (Å²) in [4.78, 5) is 42.2. The molecule has 0 spiro atoms. The van der Waals surface area contributed by atoms with Crippen molar-refractivity contribution in [2.45, 2.75) is 52.0 Å². The topological polar surface area (TPSA) is 134 Å². The third kappa shape index (κ3) is 6.81. The van der Waals surface area contributed by atoms with Crippen LogP contribution in [0.3, 0.4) is 0 Å². The smallest absolute Gasteiger partial charge is 0.277 e. The fourth-order valence-electron chi connectivity index (χ4n) is 3.64. The minimum Gasteiger partial charge on any atom is -0.398 e. The highest BCUT2D eigenvalue weighted by Crippen LogP contribution is 2.37.